The van der Waals surface area contributed by atoms with E-state index in [0.29, 0.717) is 0 Å². The molecule has 0 unspecified atom stereocenters. The molecule has 0 spiro atoms. The van der Waals surface area contributed by atoms with E-state index >= 15 is 0 Å². The second kappa shape index (κ2) is 3.49. The molecule has 13 heavy (non-hydrogen) atoms. The highest BCUT2D eigenvalue weighted by molar-refractivity contribution is 8.07. The molecule has 0 bridgehead atoms. The standard InChI is InChI=1S/C8H6O4S/c9-6-8(10)13(11,12)7-4-2-1-3-5-7/h1-6H. The number of sulfone groups is 1. The zero-order valence-electron chi connectivity index (χ0n) is 6.51. The van der Waals surface area contributed by atoms with E-state index in [1.54, 1.807) is 6.07 Å². The Balaban J connectivity index is 3.24. The number of hydrogen-bond donors (Lipinski definition) is 0. The van der Waals surface area contributed by atoms with Gasteiger partial charge in [-0.15, -0.1) is 0 Å². The van der Waals surface area contributed by atoms with E-state index in [-0.39, 0.29) is 11.2 Å². The third-order valence-corrected chi connectivity index (χ3v) is 2.93. The van der Waals surface area contributed by atoms with Crippen LogP contribution in [0.15, 0.2) is 35.2 Å². The molecule has 0 radical (unpaired) electrons. The summed E-state index contributed by atoms with van der Waals surface area (Å²) in [5, 5.41) is -1.42. The largest absolute Gasteiger partial charge is 0.313 e. The van der Waals surface area contributed by atoms with Gasteiger partial charge in [0, 0.05) is 0 Å². The van der Waals surface area contributed by atoms with Crippen LogP contribution in [-0.2, 0) is 19.4 Å². The van der Waals surface area contributed by atoms with Gasteiger partial charge in [0.25, 0.3) is 0 Å². The van der Waals surface area contributed by atoms with Crippen molar-refractivity contribution in [1.82, 2.24) is 0 Å². The Bertz CT molecular complexity index is 419. The molecule has 0 aliphatic heterocycles. The van der Waals surface area contributed by atoms with Gasteiger partial charge in [0.1, 0.15) is 0 Å². The monoisotopic (exact) mass is 198 g/mol. The Labute approximate surface area is 75.1 Å². The van der Waals surface area contributed by atoms with Crippen molar-refractivity contribution in [1.29, 1.82) is 0 Å². The predicted octanol–water partition coefficient (Wildman–Crippen LogP) is 0.186. The number of hydrogen-bond acceptors (Lipinski definition) is 4. The van der Waals surface area contributed by atoms with Gasteiger partial charge in [-0.2, -0.15) is 0 Å². The molecule has 1 aromatic rings. The zero-order valence-corrected chi connectivity index (χ0v) is 7.32. The van der Waals surface area contributed by atoms with E-state index in [2.05, 4.69) is 0 Å². The van der Waals surface area contributed by atoms with Gasteiger partial charge in [0.2, 0.25) is 16.1 Å². The van der Waals surface area contributed by atoms with E-state index in [1.807, 2.05) is 0 Å². The van der Waals surface area contributed by atoms with Gasteiger partial charge in [0.15, 0.2) is 0 Å². The molecular weight excluding hydrogens is 192 g/mol. The quantitative estimate of drug-likeness (QED) is 0.502. The summed E-state index contributed by atoms with van der Waals surface area (Å²) < 4.78 is 22.4. The van der Waals surface area contributed by atoms with Gasteiger partial charge in [-0.3, -0.25) is 9.59 Å². The highest BCUT2D eigenvalue weighted by atomic mass is 32.2. The van der Waals surface area contributed by atoms with Crippen molar-refractivity contribution in [3.63, 3.8) is 0 Å². The molecule has 0 N–H and O–H groups in total. The zero-order chi connectivity index (χ0) is 9.90. The normalized spacial score (nSPS) is 10.8. The van der Waals surface area contributed by atoms with E-state index < -0.39 is 15.0 Å². The molecule has 0 fully saturated rings. The van der Waals surface area contributed by atoms with Crippen LogP contribution in [0.1, 0.15) is 0 Å². The minimum Gasteiger partial charge on any atom is -0.293 e. The SMILES string of the molecule is O=CC(=O)S(=O)(=O)c1ccccc1. The molecule has 0 amide bonds. The predicted molar refractivity (Wildman–Crippen MR) is 44.7 cm³/mol. The fraction of sp³-hybridized carbons (Fsp3) is 0. The Kier molecular flexibility index (Phi) is 2.57. The summed E-state index contributed by atoms with van der Waals surface area (Å²) in [6.45, 7) is 0. The van der Waals surface area contributed by atoms with E-state index in [1.165, 1.54) is 24.3 Å². The molecule has 1 aromatic carbocycles. The first-order valence-corrected chi connectivity index (χ1v) is 4.86. The Hall–Kier alpha value is -1.49. The van der Waals surface area contributed by atoms with Crippen LogP contribution in [0.4, 0.5) is 0 Å². The van der Waals surface area contributed by atoms with Crippen LogP contribution in [0.5, 0.6) is 0 Å². The average molecular weight is 198 g/mol. The summed E-state index contributed by atoms with van der Waals surface area (Å²) in [7, 11) is -4.10. The van der Waals surface area contributed by atoms with Crippen molar-refractivity contribution >= 4 is 21.2 Å². The van der Waals surface area contributed by atoms with Crippen LogP contribution in [0.2, 0.25) is 0 Å². The van der Waals surface area contributed by atoms with Gasteiger partial charge < -0.3 is 0 Å². The van der Waals surface area contributed by atoms with Crippen molar-refractivity contribution in [2.75, 3.05) is 0 Å². The van der Waals surface area contributed by atoms with E-state index in [0.717, 1.165) is 0 Å². The van der Waals surface area contributed by atoms with Crippen molar-refractivity contribution in [2.45, 2.75) is 4.90 Å². The second-order valence-corrected chi connectivity index (χ2v) is 4.13. The number of carbonyl (C=O) groups is 2. The van der Waals surface area contributed by atoms with E-state index in [9.17, 15) is 18.0 Å². The molecule has 0 aliphatic rings. The molecule has 0 saturated carbocycles. The third-order valence-electron chi connectivity index (χ3n) is 1.41. The number of carbonyl (C=O) groups excluding carboxylic acids is 2. The molecule has 1 rings (SSSR count). The maximum absolute atomic E-state index is 11.2. The fourth-order valence-electron chi connectivity index (χ4n) is 0.779. The molecule has 0 heterocycles. The van der Waals surface area contributed by atoms with Gasteiger partial charge in [-0.25, -0.2) is 8.42 Å². The topological polar surface area (TPSA) is 68.3 Å². The van der Waals surface area contributed by atoms with Crippen LogP contribution >= 0.6 is 0 Å². The van der Waals surface area contributed by atoms with Crippen LogP contribution in [0, 0.1) is 0 Å². The molecule has 0 atom stereocenters. The van der Waals surface area contributed by atoms with Gasteiger partial charge in [0.05, 0.1) is 4.90 Å². The van der Waals surface area contributed by atoms with Crippen molar-refractivity contribution in [3.8, 4) is 0 Å². The summed E-state index contributed by atoms with van der Waals surface area (Å²) in [6, 6.07) is 7.09. The van der Waals surface area contributed by atoms with Crippen LogP contribution in [0.3, 0.4) is 0 Å². The van der Waals surface area contributed by atoms with Gasteiger partial charge in [-0.1, -0.05) is 18.2 Å². The Morgan fingerprint density at radius 2 is 1.69 bits per heavy atom. The smallest absolute Gasteiger partial charge is 0.293 e. The summed E-state index contributed by atoms with van der Waals surface area (Å²) >= 11 is 0. The molecule has 5 heteroatoms. The maximum Gasteiger partial charge on any atom is 0.313 e. The first-order chi connectivity index (χ1) is 6.09. The number of aldehydes is 1. The average Bonchev–Trinajstić information content (AvgIpc) is 2.18. The third kappa shape index (κ3) is 1.81. The molecule has 4 nitrogen and oxygen atoms in total. The lowest BCUT2D eigenvalue weighted by molar-refractivity contribution is -0.124. The number of rotatable bonds is 2. The van der Waals surface area contributed by atoms with Crippen molar-refractivity contribution < 1.29 is 18.0 Å². The first kappa shape index (κ1) is 9.60. The molecule has 68 valence electrons. The maximum atomic E-state index is 11.2. The highest BCUT2D eigenvalue weighted by Crippen LogP contribution is 2.09. The summed E-state index contributed by atoms with van der Waals surface area (Å²) in [6.07, 6.45) is -0.206. The first-order valence-electron chi connectivity index (χ1n) is 3.38. The summed E-state index contributed by atoms with van der Waals surface area (Å²) in [5.74, 6) is 0. The number of benzene rings is 1. The summed E-state index contributed by atoms with van der Waals surface area (Å²) in [5.41, 5.74) is 0. The molecule has 0 aromatic heterocycles. The fourth-order valence-corrected chi connectivity index (χ4v) is 1.65. The highest BCUT2D eigenvalue weighted by Gasteiger charge is 2.23. The van der Waals surface area contributed by atoms with Crippen LogP contribution < -0.4 is 0 Å². The summed E-state index contributed by atoms with van der Waals surface area (Å²) in [4.78, 5) is 20.5. The lowest BCUT2D eigenvalue weighted by Crippen LogP contribution is -2.15. The lowest BCUT2D eigenvalue weighted by Gasteiger charge is -1.96. The van der Waals surface area contributed by atoms with Crippen molar-refractivity contribution in [3.05, 3.63) is 30.3 Å². The van der Waals surface area contributed by atoms with E-state index in [4.69, 9.17) is 0 Å². The van der Waals surface area contributed by atoms with Crippen LogP contribution in [-0.4, -0.2) is 19.8 Å². The Morgan fingerprint density at radius 1 is 1.15 bits per heavy atom. The molecule has 0 aliphatic carbocycles. The van der Waals surface area contributed by atoms with Gasteiger partial charge >= 0.3 is 5.12 Å². The molecule has 0 saturated heterocycles. The molecular formula is C8H6O4S. The second-order valence-electron chi connectivity index (χ2n) is 2.25. The minimum atomic E-state index is -4.10. The minimum absolute atomic E-state index is 0.160. The Morgan fingerprint density at radius 3 is 2.15 bits per heavy atom. The van der Waals surface area contributed by atoms with Crippen LogP contribution in [0.25, 0.3) is 0 Å². The van der Waals surface area contributed by atoms with Crippen molar-refractivity contribution in [2.24, 2.45) is 0 Å². The van der Waals surface area contributed by atoms with Gasteiger partial charge in [-0.05, 0) is 12.1 Å². The lowest BCUT2D eigenvalue weighted by atomic mass is 10.4.